The lowest BCUT2D eigenvalue weighted by atomic mass is 10.1. The van der Waals surface area contributed by atoms with Crippen molar-refractivity contribution in [2.24, 2.45) is 11.5 Å². The molecule has 4 aromatic rings. The number of anilines is 1. The highest BCUT2D eigenvalue weighted by atomic mass is 19.1. The first kappa shape index (κ1) is 20.0. The fourth-order valence-corrected chi connectivity index (χ4v) is 3.35. The summed E-state index contributed by atoms with van der Waals surface area (Å²) in [5.41, 5.74) is 13.7. The number of benzene rings is 2. The number of carbonyl (C=O) groups excluding carboxylic acids is 2. The van der Waals surface area contributed by atoms with E-state index in [1.54, 1.807) is 37.3 Å². The smallest absolute Gasteiger partial charge is 0.286 e. The van der Waals surface area contributed by atoms with Gasteiger partial charge in [0.2, 0.25) is 11.8 Å². The number of halogens is 1. The third-order valence-electron chi connectivity index (χ3n) is 4.71. The van der Waals surface area contributed by atoms with Gasteiger partial charge in [-0.25, -0.2) is 9.37 Å². The van der Waals surface area contributed by atoms with E-state index in [1.807, 2.05) is 0 Å². The maximum atomic E-state index is 13.4. The van der Waals surface area contributed by atoms with Gasteiger partial charge in [-0.3, -0.25) is 9.59 Å². The third kappa shape index (κ3) is 3.90. The molecule has 9 nitrogen and oxygen atoms in total. The summed E-state index contributed by atoms with van der Waals surface area (Å²) in [6, 6.07) is 11.1. The monoisotopic (exact) mass is 419 g/mol. The Hall–Kier alpha value is -4.34. The molecule has 0 bridgehead atoms. The third-order valence-corrected chi connectivity index (χ3v) is 4.71. The van der Waals surface area contributed by atoms with E-state index in [-0.39, 0.29) is 30.0 Å². The molecular formula is C21H18FN7O2. The lowest BCUT2D eigenvalue weighted by Gasteiger charge is -2.09. The van der Waals surface area contributed by atoms with Crippen molar-refractivity contribution in [2.75, 3.05) is 5.32 Å². The van der Waals surface area contributed by atoms with Gasteiger partial charge in [-0.15, -0.1) is 0 Å². The molecule has 0 unspecified atom stereocenters. The molecule has 2 heterocycles. The van der Waals surface area contributed by atoms with E-state index >= 15 is 0 Å². The van der Waals surface area contributed by atoms with E-state index in [2.05, 4.69) is 25.3 Å². The Labute approximate surface area is 175 Å². The van der Waals surface area contributed by atoms with E-state index in [9.17, 15) is 14.0 Å². The normalized spacial score (nSPS) is 10.9. The fraction of sp³-hybridized carbons (Fsp3) is 0.0952. The number of hydrogen-bond donors (Lipinski definition) is 4. The Morgan fingerprint density at radius 3 is 2.55 bits per heavy atom. The molecule has 31 heavy (non-hydrogen) atoms. The van der Waals surface area contributed by atoms with Gasteiger partial charge in [0, 0.05) is 23.2 Å². The van der Waals surface area contributed by atoms with E-state index in [4.69, 9.17) is 11.5 Å². The standard InChI is InChI=1S/C21H18FN7O2/c1-10-15(13-6-3-7-14(17(23)30)16(13)26-10)19-27-20(18(24)31)29-21(28-19)25-9-11-4-2-5-12(22)8-11/h2-8,26H,9H2,1H3,(H2,23,30)(H2,24,31)(H,25,27,28,29). The predicted octanol–water partition coefficient (Wildman–Crippen LogP) is 2.28. The molecule has 2 aromatic carbocycles. The highest BCUT2D eigenvalue weighted by molar-refractivity contribution is 6.09. The molecule has 0 saturated heterocycles. The van der Waals surface area contributed by atoms with Crippen LogP contribution in [0.4, 0.5) is 10.3 Å². The fourth-order valence-electron chi connectivity index (χ4n) is 3.35. The quantitative estimate of drug-likeness (QED) is 0.376. The minimum atomic E-state index is -0.826. The Morgan fingerprint density at radius 2 is 1.84 bits per heavy atom. The van der Waals surface area contributed by atoms with Crippen LogP contribution in [0.15, 0.2) is 42.5 Å². The van der Waals surface area contributed by atoms with Crippen LogP contribution in [0.5, 0.6) is 0 Å². The van der Waals surface area contributed by atoms with Gasteiger partial charge in [0.1, 0.15) is 5.82 Å². The molecule has 6 N–H and O–H groups in total. The number of fused-ring (bicyclic) bond motifs is 1. The van der Waals surface area contributed by atoms with Crippen molar-refractivity contribution in [2.45, 2.75) is 13.5 Å². The van der Waals surface area contributed by atoms with E-state index < -0.39 is 11.8 Å². The number of rotatable bonds is 6. The maximum absolute atomic E-state index is 13.4. The van der Waals surface area contributed by atoms with Crippen LogP contribution >= 0.6 is 0 Å². The van der Waals surface area contributed by atoms with Crippen molar-refractivity contribution in [1.82, 2.24) is 19.9 Å². The van der Waals surface area contributed by atoms with Gasteiger partial charge in [0.25, 0.3) is 11.8 Å². The zero-order valence-corrected chi connectivity index (χ0v) is 16.4. The molecule has 2 aromatic heterocycles. The van der Waals surface area contributed by atoms with Crippen molar-refractivity contribution < 1.29 is 14.0 Å². The maximum Gasteiger partial charge on any atom is 0.286 e. The minimum Gasteiger partial charge on any atom is -0.366 e. The Kier molecular flexibility index (Phi) is 5.04. The molecule has 2 amide bonds. The first-order valence-corrected chi connectivity index (χ1v) is 9.29. The average molecular weight is 419 g/mol. The van der Waals surface area contributed by atoms with Crippen LogP contribution in [0.25, 0.3) is 22.3 Å². The molecule has 0 saturated carbocycles. The molecule has 0 atom stereocenters. The average Bonchev–Trinajstić information content (AvgIpc) is 3.07. The second-order valence-corrected chi connectivity index (χ2v) is 6.87. The SMILES string of the molecule is Cc1[nH]c2c(C(N)=O)cccc2c1-c1nc(NCc2cccc(F)c2)nc(C(N)=O)n1. The number of aromatic nitrogens is 4. The highest BCUT2D eigenvalue weighted by Crippen LogP contribution is 2.32. The number of aromatic amines is 1. The number of nitrogens with two attached hydrogens (primary N) is 2. The highest BCUT2D eigenvalue weighted by Gasteiger charge is 2.20. The number of para-hydroxylation sites is 1. The summed E-state index contributed by atoms with van der Waals surface area (Å²) in [6.45, 7) is 2.01. The van der Waals surface area contributed by atoms with Gasteiger partial charge < -0.3 is 21.8 Å². The van der Waals surface area contributed by atoms with Gasteiger partial charge in [0.05, 0.1) is 11.1 Å². The Balaban J connectivity index is 1.80. The number of primary amides is 2. The largest absolute Gasteiger partial charge is 0.366 e. The van der Waals surface area contributed by atoms with Gasteiger partial charge in [-0.1, -0.05) is 24.3 Å². The molecule has 0 fully saturated rings. The number of aryl methyl sites for hydroxylation is 1. The Bertz CT molecular complexity index is 1330. The number of amides is 2. The van der Waals surface area contributed by atoms with Crippen molar-refractivity contribution in [3.05, 3.63) is 70.9 Å². The molecule has 0 aliphatic rings. The predicted molar refractivity (Wildman–Crippen MR) is 113 cm³/mol. The first-order valence-electron chi connectivity index (χ1n) is 9.29. The number of nitrogens with one attached hydrogen (secondary N) is 2. The summed E-state index contributed by atoms with van der Waals surface area (Å²) in [5, 5.41) is 3.62. The van der Waals surface area contributed by atoms with Crippen LogP contribution in [0.2, 0.25) is 0 Å². The zero-order chi connectivity index (χ0) is 22.1. The van der Waals surface area contributed by atoms with E-state index in [0.717, 1.165) is 0 Å². The first-order chi connectivity index (χ1) is 14.8. The number of nitrogens with zero attached hydrogens (tertiary/aromatic N) is 3. The van der Waals surface area contributed by atoms with Crippen molar-refractivity contribution >= 4 is 28.7 Å². The summed E-state index contributed by atoms with van der Waals surface area (Å²) in [5.74, 6) is -1.71. The van der Waals surface area contributed by atoms with Gasteiger partial charge in [-0.05, 0) is 30.7 Å². The molecular weight excluding hydrogens is 401 g/mol. The van der Waals surface area contributed by atoms with Crippen molar-refractivity contribution in [3.63, 3.8) is 0 Å². The van der Waals surface area contributed by atoms with Gasteiger partial charge >= 0.3 is 0 Å². The topological polar surface area (TPSA) is 153 Å². The molecule has 0 aliphatic carbocycles. The molecule has 10 heteroatoms. The van der Waals surface area contributed by atoms with Crippen LogP contribution < -0.4 is 16.8 Å². The van der Waals surface area contributed by atoms with Crippen LogP contribution in [-0.2, 0) is 6.54 Å². The second kappa shape index (κ2) is 7.82. The number of H-pyrrole nitrogens is 1. The van der Waals surface area contributed by atoms with Gasteiger partial charge in [0.15, 0.2) is 5.82 Å². The summed E-state index contributed by atoms with van der Waals surface area (Å²) in [4.78, 5) is 39.4. The summed E-state index contributed by atoms with van der Waals surface area (Å²) < 4.78 is 13.4. The van der Waals surface area contributed by atoms with E-state index in [1.165, 1.54) is 12.1 Å². The summed E-state index contributed by atoms with van der Waals surface area (Å²) in [7, 11) is 0. The van der Waals surface area contributed by atoms with E-state index in [0.29, 0.717) is 33.3 Å². The van der Waals surface area contributed by atoms with Crippen LogP contribution in [0.1, 0.15) is 32.2 Å². The second-order valence-electron chi connectivity index (χ2n) is 6.87. The Morgan fingerprint density at radius 1 is 1.06 bits per heavy atom. The van der Waals surface area contributed by atoms with Crippen molar-refractivity contribution in [3.8, 4) is 11.4 Å². The van der Waals surface area contributed by atoms with Crippen LogP contribution in [0, 0.1) is 12.7 Å². The lowest BCUT2D eigenvalue weighted by Crippen LogP contribution is -2.18. The van der Waals surface area contributed by atoms with Crippen molar-refractivity contribution in [1.29, 1.82) is 0 Å². The molecule has 156 valence electrons. The number of carbonyl (C=O) groups is 2. The molecule has 0 spiro atoms. The van der Waals surface area contributed by atoms with Gasteiger partial charge in [-0.2, -0.15) is 9.97 Å². The van der Waals surface area contributed by atoms with Crippen LogP contribution in [0.3, 0.4) is 0 Å². The molecule has 4 rings (SSSR count). The molecule has 0 radical (unpaired) electrons. The van der Waals surface area contributed by atoms with Crippen LogP contribution in [-0.4, -0.2) is 31.8 Å². The molecule has 0 aliphatic heterocycles. The number of hydrogen-bond acceptors (Lipinski definition) is 6. The zero-order valence-electron chi connectivity index (χ0n) is 16.4. The minimum absolute atomic E-state index is 0.0999. The summed E-state index contributed by atoms with van der Waals surface area (Å²) >= 11 is 0. The lowest BCUT2D eigenvalue weighted by molar-refractivity contribution is 0.0986. The summed E-state index contributed by atoms with van der Waals surface area (Å²) in [6.07, 6.45) is 0.